The molecule has 3 aliphatic rings. The first-order valence-corrected chi connectivity index (χ1v) is 9.95. The third-order valence-corrected chi connectivity index (χ3v) is 5.94. The molecule has 0 radical (unpaired) electrons. The highest BCUT2D eigenvalue weighted by atomic mass is 32.1. The Labute approximate surface area is 166 Å². The van der Waals surface area contributed by atoms with E-state index >= 15 is 0 Å². The van der Waals surface area contributed by atoms with Crippen LogP contribution in [-0.2, 0) is 9.59 Å². The van der Waals surface area contributed by atoms with E-state index in [0.717, 1.165) is 12.1 Å². The summed E-state index contributed by atoms with van der Waals surface area (Å²) in [6.45, 7) is 3.44. The smallest absolute Gasteiger partial charge is 0.328 e. The van der Waals surface area contributed by atoms with Crippen LogP contribution >= 0.6 is 11.3 Å². The Morgan fingerprint density at radius 3 is 2.32 bits per heavy atom. The van der Waals surface area contributed by atoms with Crippen LogP contribution in [0.3, 0.4) is 0 Å². The van der Waals surface area contributed by atoms with Crippen molar-refractivity contribution in [2.75, 3.05) is 19.6 Å². The number of amides is 1. The number of carbonyl (C=O) groups excluding carboxylic acids is 1. The van der Waals surface area contributed by atoms with Gasteiger partial charge in [-0.1, -0.05) is 6.07 Å². The fourth-order valence-corrected chi connectivity index (χ4v) is 4.45. The third-order valence-electron chi connectivity index (χ3n) is 5.06. The molecule has 3 aliphatic heterocycles. The summed E-state index contributed by atoms with van der Waals surface area (Å²) < 4.78 is 1.19. The van der Waals surface area contributed by atoms with Gasteiger partial charge in [-0.15, -0.1) is 11.3 Å². The third kappa shape index (κ3) is 5.17. The van der Waals surface area contributed by atoms with Gasteiger partial charge in [-0.25, -0.2) is 9.59 Å². The molecule has 1 aromatic heterocycles. The molecule has 2 bridgehead atoms. The van der Waals surface area contributed by atoms with Crippen LogP contribution in [0.5, 0.6) is 0 Å². The van der Waals surface area contributed by atoms with E-state index in [1.165, 1.54) is 36.0 Å². The van der Waals surface area contributed by atoms with Gasteiger partial charge in [0.05, 0.1) is 0 Å². The van der Waals surface area contributed by atoms with Crippen LogP contribution in [0.2, 0.25) is 0 Å². The SMILES string of the molecule is O=C(N[C@H]1CN2CCC1CC2)c1ccc2ccsc2c1.O=C(O)C=CC(=O)O. The Bertz CT molecular complexity index is 883. The highest BCUT2D eigenvalue weighted by molar-refractivity contribution is 7.17. The molecule has 1 aromatic carbocycles. The summed E-state index contributed by atoms with van der Waals surface area (Å²) in [5, 5.41) is 22.2. The average molecular weight is 402 g/mol. The molecule has 7 nitrogen and oxygen atoms in total. The molecule has 2 aromatic rings. The molecule has 0 spiro atoms. The summed E-state index contributed by atoms with van der Waals surface area (Å²) >= 11 is 1.69. The number of carboxylic acids is 2. The molecule has 0 saturated carbocycles. The maximum absolute atomic E-state index is 12.4. The van der Waals surface area contributed by atoms with Crippen molar-refractivity contribution in [1.29, 1.82) is 0 Å². The fourth-order valence-electron chi connectivity index (χ4n) is 3.62. The molecular weight excluding hydrogens is 380 g/mol. The number of fused-ring (bicyclic) bond motifs is 4. The lowest BCUT2D eigenvalue weighted by Crippen LogP contribution is -2.57. The zero-order chi connectivity index (χ0) is 20.1. The Morgan fingerprint density at radius 1 is 1.07 bits per heavy atom. The normalized spacial score (nSPS) is 23.2. The number of piperidine rings is 3. The number of aliphatic carboxylic acids is 2. The summed E-state index contributed by atoms with van der Waals surface area (Å²) in [7, 11) is 0. The Kier molecular flexibility index (Phi) is 6.43. The zero-order valence-corrected chi connectivity index (χ0v) is 16.0. The zero-order valence-electron chi connectivity index (χ0n) is 15.2. The average Bonchev–Trinajstić information content (AvgIpc) is 3.15. The summed E-state index contributed by atoms with van der Waals surface area (Å²) in [4.78, 5) is 34.0. The largest absolute Gasteiger partial charge is 0.478 e. The molecule has 5 rings (SSSR count). The molecule has 3 N–H and O–H groups in total. The van der Waals surface area contributed by atoms with Gasteiger partial charge in [0.2, 0.25) is 0 Å². The van der Waals surface area contributed by atoms with E-state index in [0.29, 0.717) is 24.1 Å². The van der Waals surface area contributed by atoms with Crippen molar-refractivity contribution in [3.63, 3.8) is 0 Å². The number of benzene rings is 1. The van der Waals surface area contributed by atoms with Gasteiger partial charge < -0.3 is 20.4 Å². The minimum absolute atomic E-state index is 0.0825. The highest BCUT2D eigenvalue weighted by Gasteiger charge is 2.34. The van der Waals surface area contributed by atoms with Gasteiger partial charge in [-0.3, -0.25) is 4.79 Å². The molecule has 8 heteroatoms. The van der Waals surface area contributed by atoms with E-state index in [9.17, 15) is 14.4 Å². The van der Waals surface area contributed by atoms with Crippen molar-refractivity contribution in [3.8, 4) is 0 Å². The lowest BCUT2D eigenvalue weighted by molar-refractivity contribution is -0.134. The number of nitrogens with zero attached hydrogens (tertiary/aromatic N) is 1. The maximum atomic E-state index is 12.4. The second-order valence-corrected chi connectivity index (χ2v) is 7.85. The molecule has 0 unspecified atom stereocenters. The van der Waals surface area contributed by atoms with E-state index in [1.807, 2.05) is 18.2 Å². The number of thiophene rings is 1. The van der Waals surface area contributed by atoms with Gasteiger partial charge >= 0.3 is 11.9 Å². The topological polar surface area (TPSA) is 107 Å². The lowest BCUT2D eigenvalue weighted by atomic mass is 9.84. The quantitative estimate of drug-likeness (QED) is 0.678. The maximum Gasteiger partial charge on any atom is 0.328 e. The molecular formula is C20H22N2O5S. The first kappa shape index (κ1) is 20.0. The Hall–Kier alpha value is -2.71. The number of hydrogen-bond donors (Lipinski definition) is 3. The van der Waals surface area contributed by atoms with Crippen LogP contribution in [0, 0.1) is 5.92 Å². The van der Waals surface area contributed by atoms with E-state index in [2.05, 4.69) is 21.7 Å². The molecule has 148 valence electrons. The number of hydrogen-bond acceptors (Lipinski definition) is 5. The minimum Gasteiger partial charge on any atom is -0.478 e. The predicted octanol–water partition coefficient (Wildman–Crippen LogP) is 2.44. The second kappa shape index (κ2) is 8.99. The molecule has 4 heterocycles. The Balaban J connectivity index is 0.000000242. The van der Waals surface area contributed by atoms with Gasteiger partial charge in [0.25, 0.3) is 5.91 Å². The lowest BCUT2D eigenvalue weighted by Gasteiger charge is -2.44. The molecule has 0 aliphatic carbocycles. The van der Waals surface area contributed by atoms with Gasteiger partial charge in [0.15, 0.2) is 0 Å². The van der Waals surface area contributed by atoms with E-state index < -0.39 is 11.9 Å². The summed E-state index contributed by atoms with van der Waals surface area (Å²) in [6, 6.07) is 8.42. The van der Waals surface area contributed by atoms with Gasteiger partial charge in [0.1, 0.15) is 0 Å². The predicted molar refractivity (Wildman–Crippen MR) is 107 cm³/mol. The van der Waals surface area contributed by atoms with Crippen molar-refractivity contribution in [2.45, 2.75) is 18.9 Å². The van der Waals surface area contributed by atoms with Crippen molar-refractivity contribution in [2.24, 2.45) is 5.92 Å². The van der Waals surface area contributed by atoms with Crippen LogP contribution in [0.1, 0.15) is 23.2 Å². The summed E-state index contributed by atoms with van der Waals surface area (Å²) in [5.74, 6) is -1.76. The summed E-state index contributed by atoms with van der Waals surface area (Å²) in [6.07, 6.45) is 3.58. The number of rotatable bonds is 4. The van der Waals surface area contributed by atoms with E-state index in [-0.39, 0.29) is 5.91 Å². The van der Waals surface area contributed by atoms with Crippen molar-refractivity contribution < 1.29 is 24.6 Å². The molecule has 1 amide bonds. The van der Waals surface area contributed by atoms with Gasteiger partial charge in [0, 0.05) is 35.0 Å². The number of carboxylic acid groups (broad SMARTS) is 2. The van der Waals surface area contributed by atoms with Crippen molar-refractivity contribution >= 4 is 39.3 Å². The van der Waals surface area contributed by atoms with Crippen LogP contribution in [-0.4, -0.2) is 58.6 Å². The first-order chi connectivity index (χ1) is 13.4. The van der Waals surface area contributed by atoms with E-state index in [4.69, 9.17) is 10.2 Å². The number of nitrogens with one attached hydrogen (secondary N) is 1. The molecule has 1 atom stereocenters. The fraction of sp³-hybridized carbons (Fsp3) is 0.350. The standard InChI is InChI=1S/C16H18N2OS.C4H4O4/c19-16(13-2-1-12-5-8-20-15(12)9-13)17-14-10-18-6-3-11(14)4-7-18;5-3(6)1-2-4(7)8/h1-2,5,8-9,11,14H,3-4,6-7,10H2,(H,17,19);1-2H,(H,5,6)(H,7,8)/t14-;/m0./s1. The van der Waals surface area contributed by atoms with Crippen LogP contribution in [0.4, 0.5) is 0 Å². The Morgan fingerprint density at radius 2 is 1.75 bits per heavy atom. The monoisotopic (exact) mass is 402 g/mol. The first-order valence-electron chi connectivity index (χ1n) is 9.07. The molecule has 3 saturated heterocycles. The minimum atomic E-state index is -1.26. The summed E-state index contributed by atoms with van der Waals surface area (Å²) in [5.41, 5.74) is 0.788. The van der Waals surface area contributed by atoms with Gasteiger partial charge in [-0.2, -0.15) is 0 Å². The van der Waals surface area contributed by atoms with Crippen LogP contribution < -0.4 is 5.32 Å². The highest BCUT2D eigenvalue weighted by Crippen LogP contribution is 2.28. The molecule has 3 fully saturated rings. The van der Waals surface area contributed by atoms with Crippen molar-refractivity contribution in [1.82, 2.24) is 10.2 Å². The van der Waals surface area contributed by atoms with Crippen LogP contribution in [0.15, 0.2) is 41.8 Å². The van der Waals surface area contributed by atoms with Gasteiger partial charge in [-0.05, 0) is 60.8 Å². The van der Waals surface area contributed by atoms with Crippen LogP contribution in [0.25, 0.3) is 10.1 Å². The van der Waals surface area contributed by atoms with Crippen molar-refractivity contribution in [3.05, 3.63) is 47.4 Å². The number of carbonyl (C=O) groups is 3. The molecule has 28 heavy (non-hydrogen) atoms. The second-order valence-electron chi connectivity index (χ2n) is 6.90. The van der Waals surface area contributed by atoms with E-state index in [1.54, 1.807) is 11.3 Å².